The number of rotatable bonds is 4. The van der Waals surface area contributed by atoms with E-state index in [4.69, 9.17) is 0 Å². The third-order valence-electron chi connectivity index (χ3n) is 4.44. The van der Waals surface area contributed by atoms with Crippen LogP contribution in [0.25, 0.3) is 12.2 Å². The molecule has 1 nitrogen and oxygen atoms in total. The Morgan fingerprint density at radius 1 is 1.21 bits per heavy atom. The lowest BCUT2D eigenvalue weighted by atomic mass is 9.92. The van der Waals surface area contributed by atoms with Crippen LogP contribution < -0.4 is 0 Å². The van der Waals surface area contributed by atoms with Crippen LogP contribution in [0.2, 0.25) is 0 Å². The van der Waals surface area contributed by atoms with Crippen molar-refractivity contribution in [1.29, 1.82) is 0 Å². The van der Waals surface area contributed by atoms with Gasteiger partial charge in [-0.15, -0.1) is 0 Å². The number of phenols is 1. The summed E-state index contributed by atoms with van der Waals surface area (Å²) in [5.74, 6) is 0.406. The zero-order valence-corrected chi connectivity index (χ0v) is 15.0. The summed E-state index contributed by atoms with van der Waals surface area (Å²) in [5, 5.41) is 10.7. The van der Waals surface area contributed by atoms with Crippen molar-refractivity contribution in [3.05, 3.63) is 76.9 Å². The second kappa shape index (κ2) is 7.14. The largest absolute Gasteiger partial charge is 0.506 e. The molecule has 0 saturated heterocycles. The smallest absolute Gasteiger partial charge is 0.136 e. The highest BCUT2D eigenvalue weighted by Crippen LogP contribution is 2.42. The molecule has 0 spiro atoms. The van der Waals surface area contributed by atoms with Gasteiger partial charge in [-0.2, -0.15) is 0 Å². The number of hydrogen-bond donors (Lipinski definition) is 1. The van der Waals surface area contributed by atoms with Gasteiger partial charge in [-0.05, 0) is 61.1 Å². The summed E-state index contributed by atoms with van der Waals surface area (Å²) in [6, 6.07) is 8.37. The molecule has 24 heavy (non-hydrogen) atoms. The summed E-state index contributed by atoms with van der Waals surface area (Å²) in [5.41, 5.74) is 5.91. The molecule has 2 aromatic carbocycles. The van der Waals surface area contributed by atoms with E-state index in [1.807, 2.05) is 6.08 Å². The summed E-state index contributed by atoms with van der Waals surface area (Å²) in [7, 11) is 0. The molecule has 122 valence electrons. The lowest BCUT2D eigenvalue weighted by Crippen LogP contribution is -1.99. The first-order chi connectivity index (χ1) is 11.6. The van der Waals surface area contributed by atoms with Crippen LogP contribution in [0.4, 0.5) is 0 Å². The quantitative estimate of drug-likeness (QED) is 0.660. The number of aromatic hydroxyl groups is 1. The molecule has 0 saturated carbocycles. The highest BCUT2D eigenvalue weighted by Gasteiger charge is 2.17. The highest BCUT2D eigenvalue weighted by atomic mass is 32.2. The average molecular weight is 334 g/mol. The topological polar surface area (TPSA) is 20.2 Å². The average Bonchev–Trinajstić information content (AvgIpc) is 2.60. The van der Waals surface area contributed by atoms with Gasteiger partial charge in [-0.1, -0.05) is 60.9 Å². The second-order valence-corrected chi connectivity index (χ2v) is 7.12. The van der Waals surface area contributed by atoms with E-state index in [2.05, 4.69) is 62.9 Å². The molecule has 0 fully saturated rings. The van der Waals surface area contributed by atoms with E-state index in [9.17, 15) is 5.11 Å². The van der Waals surface area contributed by atoms with Crippen molar-refractivity contribution in [1.82, 2.24) is 0 Å². The number of allylic oxidation sites excluding steroid dienone is 3. The van der Waals surface area contributed by atoms with Crippen LogP contribution in [0.3, 0.4) is 0 Å². The van der Waals surface area contributed by atoms with Gasteiger partial charge in [-0.3, -0.25) is 0 Å². The van der Waals surface area contributed by atoms with Crippen molar-refractivity contribution >= 4 is 23.9 Å². The van der Waals surface area contributed by atoms with Crippen LogP contribution in [0.15, 0.2) is 58.9 Å². The van der Waals surface area contributed by atoms with Crippen molar-refractivity contribution in [3.63, 3.8) is 0 Å². The molecule has 1 aliphatic rings. The second-order valence-electron chi connectivity index (χ2n) is 6.04. The van der Waals surface area contributed by atoms with Gasteiger partial charge in [0.2, 0.25) is 0 Å². The first-order valence-corrected chi connectivity index (χ1v) is 9.02. The van der Waals surface area contributed by atoms with Crippen LogP contribution in [-0.2, 0) is 6.42 Å². The van der Waals surface area contributed by atoms with E-state index in [0.29, 0.717) is 5.75 Å². The zero-order chi connectivity index (χ0) is 17.1. The monoisotopic (exact) mass is 334 g/mol. The van der Waals surface area contributed by atoms with Crippen LogP contribution >= 0.6 is 11.8 Å². The first kappa shape index (κ1) is 16.7. The molecule has 0 heterocycles. The summed E-state index contributed by atoms with van der Waals surface area (Å²) in [6.45, 7) is 7.98. The third kappa shape index (κ3) is 3.20. The maximum absolute atomic E-state index is 10.7. The Labute approximate surface area is 148 Å². The lowest BCUT2D eigenvalue weighted by molar-refractivity contribution is 0.459. The summed E-state index contributed by atoms with van der Waals surface area (Å²) in [6.07, 6.45) is 12.1. The molecule has 1 N–H and O–H groups in total. The molecule has 0 unspecified atom stereocenters. The fourth-order valence-corrected chi connectivity index (χ4v) is 4.17. The normalized spacial score (nSPS) is 13.2. The van der Waals surface area contributed by atoms with E-state index in [1.54, 1.807) is 17.8 Å². The highest BCUT2D eigenvalue weighted by molar-refractivity contribution is 7.99. The van der Waals surface area contributed by atoms with Crippen molar-refractivity contribution in [3.8, 4) is 5.75 Å². The molecule has 0 aromatic heterocycles. The van der Waals surface area contributed by atoms with E-state index < -0.39 is 0 Å². The van der Waals surface area contributed by atoms with Gasteiger partial charge >= 0.3 is 0 Å². The molecule has 0 bridgehead atoms. The molecule has 0 amide bonds. The molecule has 3 rings (SSSR count). The van der Waals surface area contributed by atoms with Crippen LogP contribution in [0.1, 0.15) is 34.2 Å². The fourth-order valence-electron chi connectivity index (χ4n) is 3.07. The Bertz CT molecular complexity index is 844. The Hall–Kier alpha value is -2.19. The van der Waals surface area contributed by atoms with Gasteiger partial charge in [0.15, 0.2) is 0 Å². The zero-order valence-electron chi connectivity index (χ0n) is 14.2. The van der Waals surface area contributed by atoms with E-state index >= 15 is 0 Å². The minimum Gasteiger partial charge on any atom is -0.506 e. The Kier molecular flexibility index (Phi) is 4.96. The van der Waals surface area contributed by atoms with Crippen molar-refractivity contribution in [2.45, 2.75) is 36.5 Å². The summed E-state index contributed by atoms with van der Waals surface area (Å²) >= 11 is 1.63. The Morgan fingerprint density at radius 3 is 2.83 bits per heavy atom. The fraction of sp³-hybridized carbons (Fsp3) is 0.182. The number of hydrogen-bond acceptors (Lipinski definition) is 2. The minimum atomic E-state index is 0.406. The molecule has 0 radical (unpaired) electrons. The van der Waals surface area contributed by atoms with Gasteiger partial charge < -0.3 is 5.11 Å². The molecule has 0 aliphatic heterocycles. The SMILES string of the molecule is C=CC=Cc1cccc(Sc2cc(C)c3c(c2O)C=CCC3)c1C. The summed E-state index contributed by atoms with van der Waals surface area (Å²) in [4.78, 5) is 2.08. The number of phenolic OH excluding ortho intramolecular Hbond substituents is 1. The molecule has 2 aromatic rings. The van der Waals surface area contributed by atoms with Gasteiger partial charge in [0, 0.05) is 10.5 Å². The third-order valence-corrected chi connectivity index (χ3v) is 5.63. The van der Waals surface area contributed by atoms with E-state index in [1.165, 1.54) is 22.3 Å². The summed E-state index contributed by atoms with van der Waals surface area (Å²) < 4.78 is 0. The molecular formula is C22H22OS. The Balaban J connectivity index is 2.01. The molecule has 1 aliphatic carbocycles. The maximum atomic E-state index is 10.7. The van der Waals surface area contributed by atoms with E-state index in [-0.39, 0.29) is 0 Å². The first-order valence-electron chi connectivity index (χ1n) is 8.20. The van der Waals surface area contributed by atoms with E-state index in [0.717, 1.165) is 28.2 Å². The van der Waals surface area contributed by atoms with Crippen LogP contribution in [-0.4, -0.2) is 5.11 Å². The standard InChI is InChI=1S/C22H22OS/c1-4-5-9-17-10-8-13-20(16(17)3)24-21-14-15(2)18-11-6-7-12-19(18)22(21)23/h4-5,7-10,12-14,23H,1,6,11H2,2-3H3. The van der Waals surface area contributed by atoms with Gasteiger partial charge in [0.1, 0.15) is 5.75 Å². The van der Waals surface area contributed by atoms with Gasteiger partial charge in [-0.25, -0.2) is 0 Å². The van der Waals surface area contributed by atoms with Crippen molar-refractivity contribution < 1.29 is 5.11 Å². The molecule has 0 atom stereocenters. The lowest BCUT2D eigenvalue weighted by Gasteiger charge is -2.18. The molecular weight excluding hydrogens is 312 g/mol. The predicted octanol–water partition coefficient (Wildman–Crippen LogP) is 6.32. The van der Waals surface area contributed by atoms with Crippen LogP contribution in [0.5, 0.6) is 5.75 Å². The Morgan fingerprint density at radius 2 is 2.04 bits per heavy atom. The number of fused-ring (bicyclic) bond motifs is 1. The maximum Gasteiger partial charge on any atom is 0.136 e. The predicted molar refractivity (Wildman–Crippen MR) is 105 cm³/mol. The minimum absolute atomic E-state index is 0.406. The van der Waals surface area contributed by atoms with Crippen LogP contribution in [0, 0.1) is 13.8 Å². The van der Waals surface area contributed by atoms with Crippen molar-refractivity contribution in [2.24, 2.45) is 0 Å². The van der Waals surface area contributed by atoms with Gasteiger partial charge in [0.05, 0.1) is 4.90 Å². The molecule has 2 heteroatoms. The van der Waals surface area contributed by atoms with Gasteiger partial charge in [0.25, 0.3) is 0 Å². The van der Waals surface area contributed by atoms with Crippen molar-refractivity contribution in [2.75, 3.05) is 0 Å². The number of aryl methyl sites for hydroxylation is 1. The number of benzene rings is 2.